The highest BCUT2D eigenvalue weighted by molar-refractivity contribution is 9.10. The molecule has 6 heteroatoms. The van der Waals surface area contributed by atoms with Crippen molar-refractivity contribution in [3.8, 4) is 5.69 Å². The number of para-hydroxylation sites is 1. The van der Waals surface area contributed by atoms with Crippen LogP contribution in [0.4, 0.5) is 13.2 Å². The number of nitrogens with zero attached hydrogens (tertiary/aromatic N) is 2. The SMILES string of the molecule is FC(F)(F)c1c(Br)cnn1-c1ccccc1. The molecule has 0 fully saturated rings. The highest BCUT2D eigenvalue weighted by Gasteiger charge is 2.38. The van der Waals surface area contributed by atoms with Crippen LogP contribution in [0.1, 0.15) is 5.69 Å². The van der Waals surface area contributed by atoms with Crippen molar-refractivity contribution in [2.45, 2.75) is 6.18 Å². The Bertz CT molecular complexity index is 491. The van der Waals surface area contributed by atoms with Crippen molar-refractivity contribution in [1.82, 2.24) is 9.78 Å². The molecule has 0 saturated heterocycles. The third-order valence-electron chi connectivity index (χ3n) is 1.99. The van der Waals surface area contributed by atoms with Crippen LogP contribution in [0.2, 0.25) is 0 Å². The molecule has 0 amide bonds. The zero-order chi connectivity index (χ0) is 11.8. The minimum absolute atomic E-state index is 0.0659. The molecule has 0 bridgehead atoms. The summed E-state index contributed by atoms with van der Waals surface area (Å²) in [6, 6.07) is 8.18. The Labute approximate surface area is 97.8 Å². The van der Waals surface area contributed by atoms with Crippen molar-refractivity contribution in [1.29, 1.82) is 0 Å². The second-order valence-corrected chi connectivity index (χ2v) is 3.94. The maximum Gasteiger partial charge on any atom is 0.434 e. The number of aromatic nitrogens is 2. The van der Waals surface area contributed by atoms with Gasteiger partial charge >= 0.3 is 6.18 Å². The molecular weight excluding hydrogens is 285 g/mol. The Kier molecular flexibility index (Phi) is 2.75. The Morgan fingerprint density at radius 1 is 1.12 bits per heavy atom. The third-order valence-corrected chi connectivity index (χ3v) is 2.57. The van der Waals surface area contributed by atoms with Crippen molar-refractivity contribution >= 4 is 15.9 Å². The second kappa shape index (κ2) is 3.93. The maximum atomic E-state index is 12.7. The molecule has 2 rings (SSSR count). The van der Waals surface area contributed by atoms with E-state index in [2.05, 4.69) is 21.0 Å². The van der Waals surface area contributed by atoms with Crippen LogP contribution in [0.5, 0.6) is 0 Å². The molecule has 1 heterocycles. The lowest BCUT2D eigenvalue weighted by atomic mass is 10.3. The maximum absolute atomic E-state index is 12.7. The summed E-state index contributed by atoms with van der Waals surface area (Å²) in [5, 5.41) is 3.70. The van der Waals surface area contributed by atoms with E-state index in [0.29, 0.717) is 5.69 Å². The molecule has 0 N–H and O–H groups in total. The van der Waals surface area contributed by atoms with E-state index in [4.69, 9.17) is 0 Å². The van der Waals surface area contributed by atoms with E-state index in [-0.39, 0.29) is 4.47 Å². The van der Waals surface area contributed by atoms with Gasteiger partial charge in [-0.3, -0.25) is 0 Å². The lowest BCUT2D eigenvalue weighted by Gasteiger charge is -2.10. The minimum Gasteiger partial charge on any atom is -0.227 e. The van der Waals surface area contributed by atoms with Gasteiger partial charge in [0.25, 0.3) is 0 Å². The van der Waals surface area contributed by atoms with Gasteiger partial charge in [0.2, 0.25) is 0 Å². The van der Waals surface area contributed by atoms with Crippen molar-refractivity contribution in [2.75, 3.05) is 0 Å². The highest BCUT2D eigenvalue weighted by atomic mass is 79.9. The number of hydrogen-bond donors (Lipinski definition) is 0. The van der Waals surface area contributed by atoms with Crippen molar-refractivity contribution < 1.29 is 13.2 Å². The fraction of sp³-hybridized carbons (Fsp3) is 0.100. The number of rotatable bonds is 1. The van der Waals surface area contributed by atoms with Gasteiger partial charge in [-0.25, -0.2) is 4.68 Å². The Hall–Kier alpha value is -1.30. The topological polar surface area (TPSA) is 17.8 Å². The average molecular weight is 291 g/mol. The monoisotopic (exact) mass is 290 g/mol. The van der Waals surface area contributed by atoms with E-state index in [1.54, 1.807) is 30.3 Å². The van der Waals surface area contributed by atoms with Crippen LogP contribution >= 0.6 is 15.9 Å². The van der Waals surface area contributed by atoms with E-state index in [1.165, 1.54) is 0 Å². The molecule has 0 saturated carbocycles. The zero-order valence-corrected chi connectivity index (χ0v) is 9.46. The normalized spacial score (nSPS) is 11.8. The highest BCUT2D eigenvalue weighted by Crippen LogP contribution is 2.35. The third kappa shape index (κ3) is 1.97. The summed E-state index contributed by atoms with van der Waals surface area (Å²) in [6.45, 7) is 0. The van der Waals surface area contributed by atoms with Crippen molar-refractivity contribution in [3.63, 3.8) is 0 Å². The molecule has 0 spiro atoms. The van der Waals surface area contributed by atoms with Crippen LogP contribution in [-0.2, 0) is 6.18 Å². The van der Waals surface area contributed by atoms with Crippen molar-refractivity contribution in [3.05, 3.63) is 46.7 Å². The van der Waals surface area contributed by atoms with E-state index >= 15 is 0 Å². The lowest BCUT2D eigenvalue weighted by molar-refractivity contribution is -0.143. The Balaban J connectivity index is 2.60. The number of alkyl halides is 3. The van der Waals surface area contributed by atoms with Crippen LogP contribution in [0.25, 0.3) is 5.69 Å². The Morgan fingerprint density at radius 2 is 1.75 bits per heavy atom. The van der Waals surface area contributed by atoms with E-state index in [0.717, 1.165) is 10.9 Å². The fourth-order valence-corrected chi connectivity index (χ4v) is 1.83. The lowest BCUT2D eigenvalue weighted by Crippen LogP contribution is -2.13. The van der Waals surface area contributed by atoms with Crippen LogP contribution in [0.15, 0.2) is 41.0 Å². The first-order chi connectivity index (χ1) is 7.50. The van der Waals surface area contributed by atoms with Gasteiger partial charge in [-0.2, -0.15) is 18.3 Å². The van der Waals surface area contributed by atoms with Crippen LogP contribution < -0.4 is 0 Å². The minimum atomic E-state index is -4.44. The summed E-state index contributed by atoms with van der Waals surface area (Å²) in [7, 11) is 0. The quantitative estimate of drug-likeness (QED) is 0.784. The van der Waals surface area contributed by atoms with Gasteiger partial charge in [0, 0.05) is 0 Å². The van der Waals surface area contributed by atoms with Gasteiger partial charge in [0.05, 0.1) is 16.4 Å². The van der Waals surface area contributed by atoms with Gasteiger partial charge in [-0.15, -0.1) is 0 Å². The van der Waals surface area contributed by atoms with Gasteiger partial charge in [0.1, 0.15) is 0 Å². The molecule has 2 aromatic rings. The summed E-state index contributed by atoms with van der Waals surface area (Å²) in [6.07, 6.45) is -3.30. The molecule has 0 atom stereocenters. The summed E-state index contributed by atoms with van der Waals surface area (Å²) in [5.74, 6) is 0. The van der Waals surface area contributed by atoms with Crippen LogP contribution in [0, 0.1) is 0 Å². The van der Waals surface area contributed by atoms with E-state index in [1.807, 2.05) is 0 Å². The van der Waals surface area contributed by atoms with Gasteiger partial charge in [-0.1, -0.05) is 18.2 Å². The number of hydrogen-bond acceptors (Lipinski definition) is 1. The first-order valence-corrected chi connectivity index (χ1v) is 5.15. The van der Waals surface area contributed by atoms with E-state index < -0.39 is 11.9 Å². The molecule has 0 aliphatic carbocycles. The fourth-order valence-electron chi connectivity index (χ4n) is 1.35. The summed E-state index contributed by atoms with van der Waals surface area (Å²) >= 11 is 2.85. The second-order valence-electron chi connectivity index (χ2n) is 3.09. The number of benzene rings is 1. The van der Waals surface area contributed by atoms with Crippen LogP contribution in [0.3, 0.4) is 0 Å². The predicted octanol–water partition coefficient (Wildman–Crippen LogP) is 3.65. The van der Waals surface area contributed by atoms with Gasteiger partial charge in [-0.05, 0) is 28.1 Å². The van der Waals surface area contributed by atoms with Crippen LogP contribution in [-0.4, -0.2) is 9.78 Å². The molecule has 16 heavy (non-hydrogen) atoms. The van der Waals surface area contributed by atoms with Crippen molar-refractivity contribution in [2.24, 2.45) is 0 Å². The van der Waals surface area contributed by atoms with Gasteiger partial charge in [0.15, 0.2) is 5.69 Å². The smallest absolute Gasteiger partial charge is 0.227 e. The summed E-state index contributed by atoms with van der Waals surface area (Å²) in [4.78, 5) is 0. The molecule has 0 aliphatic heterocycles. The molecule has 84 valence electrons. The predicted molar refractivity (Wildman–Crippen MR) is 56.3 cm³/mol. The molecule has 0 aliphatic rings. The molecule has 0 radical (unpaired) electrons. The average Bonchev–Trinajstić information content (AvgIpc) is 2.61. The summed E-state index contributed by atoms with van der Waals surface area (Å²) in [5.41, 5.74) is -0.431. The molecule has 1 aromatic carbocycles. The molecule has 1 aromatic heterocycles. The standard InChI is InChI=1S/C10H6BrF3N2/c11-8-6-15-16(9(8)10(12,13)14)7-4-2-1-3-5-7/h1-6H. The number of halogens is 4. The van der Waals surface area contributed by atoms with Gasteiger partial charge < -0.3 is 0 Å². The Morgan fingerprint density at radius 3 is 2.31 bits per heavy atom. The largest absolute Gasteiger partial charge is 0.434 e. The first-order valence-electron chi connectivity index (χ1n) is 4.36. The zero-order valence-electron chi connectivity index (χ0n) is 7.87. The molecule has 0 unspecified atom stereocenters. The first kappa shape index (κ1) is 11.2. The molecule has 2 nitrogen and oxygen atoms in total. The summed E-state index contributed by atoms with van der Waals surface area (Å²) < 4.78 is 39.0. The molecular formula is C10H6BrF3N2. The van der Waals surface area contributed by atoms with E-state index in [9.17, 15) is 13.2 Å².